The van der Waals surface area contributed by atoms with Gasteiger partial charge in [0.15, 0.2) is 0 Å². The summed E-state index contributed by atoms with van der Waals surface area (Å²) in [5.41, 5.74) is 16.7. The highest BCUT2D eigenvalue weighted by molar-refractivity contribution is 6.29. The van der Waals surface area contributed by atoms with E-state index in [0.717, 1.165) is 34.1 Å². The molecule has 0 aliphatic rings. The van der Waals surface area contributed by atoms with Crippen LogP contribution in [-0.2, 0) is 0 Å². The van der Waals surface area contributed by atoms with E-state index < -0.39 is 0 Å². The highest BCUT2D eigenvalue weighted by Gasteiger charge is 2.24. The summed E-state index contributed by atoms with van der Waals surface area (Å²) in [7, 11) is 0. The fourth-order valence-corrected chi connectivity index (χ4v) is 10.3. The standard InChI is InChI=1S/C56H38N4/c1-35-13-9-19-39(29-35)57(37-15-5-3-6-16-37)41-25-27-43-45-21-11-23-47-49-34-54-50(33-53(49)59(55(45)47)51(43)31-41)48-24-12-22-46-44-28-26-42(32-52(44)60(54)56(46)48)58(38-17-7-4-8-18-38)40-20-10-14-36(2)30-40/h3-34H,1-2H3. The highest BCUT2D eigenvalue weighted by atomic mass is 15.1. The molecule has 0 amide bonds. The SMILES string of the molecule is Cc1cccc(N(c2ccccc2)c2ccc3c4cccc5c6cc7c(cc6n(c3c2)c45)c2cccc3c4ccc(N(c5ccccc5)c5cccc(C)c5)cc4n7c32)c1. The van der Waals surface area contributed by atoms with Gasteiger partial charge in [0.25, 0.3) is 0 Å². The lowest BCUT2D eigenvalue weighted by Gasteiger charge is -2.26. The maximum atomic E-state index is 2.53. The Bertz CT molecular complexity index is 3550. The first-order valence-corrected chi connectivity index (χ1v) is 20.8. The van der Waals surface area contributed by atoms with Crippen molar-refractivity contribution in [2.45, 2.75) is 13.8 Å². The summed E-state index contributed by atoms with van der Waals surface area (Å²) in [5.74, 6) is 0. The Morgan fingerprint density at radius 1 is 0.267 bits per heavy atom. The number of fused-ring (bicyclic) bond motifs is 12. The van der Waals surface area contributed by atoms with Crippen LogP contribution in [0.4, 0.5) is 34.1 Å². The molecule has 0 unspecified atom stereocenters. The van der Waals surface area contributed by atoms with E-state index in [2.05, 4.69) is 227 Å². The summed E-state index contributed by atoms with van der Waals surface area (Å²) in [6, 6.07) is 71.6. The largest absolute Gasteiger partial charge is 0.310 e. The van der Waals surface area contributed by atoms with Crippen LogP contribution >= 0.6 is 0 Å². The summed E-state index contributed by atoms with van der Waals surface area (Å²) < 4.78 is 5.06. The second-order valence-corrected chi connectivity index (χ2v) is 16.4. The Morgan fingerprint density at radius 3 is 1.03 bits per heavy atom. The lowest BCUT2D eigenvalue weighted by atomic mass is 10.0. The van der Waals surface area contributed by atoms with Crippen LogP contribution in [0, 0.1) is 13.8 Å². The molecule has 282 valence electrons. The van der Waals surface area contributed by atoms with E-state index in [4.69, 9.17) is 0 Å². The van der Waals surface area contributed by atoms with Crippen molar-refractivity contribution in [2.75, 3.05) is 9.80 Å². The van der Waals surface area contributed by atoms with Crippen molar-refractivity contribution in [3.63, 3.8) is 0 Å². The molecule has 0 radical (unpaired) electrons. The van der Waals surface area contributed by atoms with Crippen molar-refractivity contribution >= 4 is 110 Å². The maximum absolute atomic E-state index is 2.53. The van der Waals surface area contributed by atoms with Gasteiger partial charge in [0.1, 0.15) is 0 Å². The van der Waals surface area contributed by atoms with Gasteiger partial charge in [-0.3, -0.25) is 0 Å². The van der Waals surface area contributed by atoms with Crippen molar-refractivity contribution in [1.29, 1.82) is 0 Å². The Hall–Kier alpha value is -7.82. The molecule has 0 saturated carbocycles. The van der Waals surface area contributed by atoms with Crippen molar-refractivity contribution in [1.82, 2.24) is 8.80 Å². The van der Waals surface area contributed by atoms with Gasteiger partial charge in [-0.2, -0.15) is 0 Å². The molecule has 0 aliphatic heterocycles. The number of aromatic nitrogens is 2. The molecule has 4 aromatic heterocycles. The van der Waals surface area contributed by atoms with Gasteiger partial charge >= 0.3 is 0 Å². The quantitative estimate of drug-likeness (QED) is 0.167. The number of hydrogen-bond acceptors (Lipinski definition) is 2. The molecule has 13 rings (SSSR count). The number of anilines is 6. The third-order valence-electron chi connectivity index (χ3n) is 12.8. The zero-order valence-electron chi connectivity index (χ0n) is 33.3. The molecule has 0 saturated heterocycles. The van der Waals surface area contributed by atoms with Gasteiger partial charge in [-0.05, 0) is 110 Å². The van der Waals surface area contributed by atoms with Crippen LogP contribution < -0.4 is 9.80 Å². The third-order valence-corrected chi connectivity index (χ3v) is 12.8. The number of aryl methyl sites for hydroxylation is 2. The third kappa shape index (κ3) is 4.61. The van der Waals surface area contributed by atoms with Gasteiger partial charge in [0.05, 0.1) is 33.1 Å². The predicted octanol–water partition coefficient (Wildman–Crippen LogP) is 15.5. The van der Waals surface area contributed by atoms with Crippen LogP contribution in [0.25, 0.3) is 76.2 Å². The first-order valence-electron chi connectivity index (χ1n) is 20.8. The molecular weight excluding hydrogens is 729 g/mol. The van der Waals surface area contributed by atoms with Crippen LogP contribution in [0.5, 0.6) is 0 Å². The van der Waals surface area contributed by atoms with Gasteiger partial charge in [-0.15, -0.1) is 0 Å². The van der Waals surface area contributed by atoms with Crippen LogP contribution in [-0.4, -0.2) is 8.80 Å². The van der Waals surface area contributed by atoms with Crippen LogP contribution in [0.2, 0.25) is 0 Å². The Balaban J connectivity index is 1.08. The number of para-hydroxylation sites is 4. The molecule has 0 spiro atoms. The Labute approximate surface area is 346 Å². The van der Waals surface area contributed by atoms with E-state index in [0.29, 0.717) is 0 Å². The van der Waals surface area contributed by atoms with Gasteiger partial charge in [-0.25, -0.2) is 0 Å². The molecule has 0 N–H and O–H groups in total. The van der Waals surface area contributed by atoms with Crippen LogP contribution in [0.3, 0.4) is 0 Å². The second kappa shape index (κ2) is 12.3. The van der Waals surface area contributed by atoms with Crippen molar-refractivity contribution in [2.24, 2.45) is 0 Å². The molecule has 0 bridgehead atoms. The van der Waals surface area contributed by atoms with E-state index in [1.165, 1.54) is 87.3 Å². The zero-order chi connectivity index (χ0) is 39.6. The molecule has 13 aromatic rings. The minimum atomic E-state index is 1.13. The summed E-state index contributed by atoms with van der Waals surface area (Å²) >= 11 is 0. The minimum Gasteiger partial charge on any atom is -0.310 e. The molecule has 9 aromatic carbocycles. The van der Waals surface area contributed by atoms with Crippen molar-refractivity contribution in [3.8, 4) is 0 Å². The fourth-order valence-electron chi connectivity index (χ4n) is 10.3. The fraction of sp³-hybridized carbons (Fsp3) is 0.0357. The number of nitrogens with zero attached hydrogens (tertiary/aromatic N) is 4. The van der Waals surface area contributed by atoms with E-state index in [9.17, 15) is 0 Å². The van der Waals surface area contributed by atoms with Gasteiger partial charge in [0, 0.05) is 77.2 Å². The molecule has 4 heteroatoms. The number of hydrogen-bond donors (Lipinski definition) is 0. The predicted molar refractivity (Wildman–Crippen MR) is 255 cm³/mol. The van der Waals surface area contributed by atoms with Gasteiger partial charge in [0.2, 0.25) is 0 Å². The molecule has 60 heavy (non-hydrogen) atoms. The van der Waals surface area contributed by atoms with Crippen molar-refractivity contribution < 1.29 is 0 Å². The van der Waals surface area contributed by atoms with Gasteiger partial charge < -0.3 is 18.6 Å². The Kier molecular flexibility index (Phi) is 6.83. The molecule has 4 heterocycles. The minimum absolute atomic E-state index is 1.13. The molecule has 0 fully saturated rings. The lowest BCUT2D eigenvalue weighted by molar-refractivity contribution is 1.27. The van der Waals surface area contributed by atoms with Crippen LogP contribution in [0.1, 0.15) is 11.1 Å². The summed E-state index contributed by atoms with van der Waals surface area (Å²) in [6.07, 6.45) is 0. The average Bonchev–Trinajstić information content (AvgIpc) is 4.00. The van der Waals surface area contributed by atoms with E-state index in [-0.39, 0.29) is 0 Å². The molecule has 0 atom stereocenters. The summed E-state index contributed by atoms with van der Waals surface area (Å²) in [6.45, 7) is 4.33. The first kappa shape index (κ1) is 33.2. The smallest absolute Gasteiger partial charge is 0.0620 e. The molecule has 4 nitrogen and oxygen atoms in total. The maximum Gasteiger partial charge on any atom is 0.0620 e. The first-order chi connectivity index (χ1) is 29.6. The van der Waals surface area contributed by atoms with Crippen LogP contribution in [0.15, 0.2) is 194 Å². The normalized spacial score (nSPS) is 12.2. The number of benzene rings is 9. The average molecular weight is 767 g/mol. The summed E-state index contributed by atoms with van der Waals surface area (Å²) in [4.78, 5) is 4.75. The number of rotatable bonds is 6. The summed E-state index contributed by atoms with van der Waals surface area (Å²) in [5, 5.41) is 10.2. The monoisotopic (exact) mass is 766 g/mol. The molecule has 0 aliphatic carbocycles. The molecular formula is C56H38N4. The van der Waals surface area contributed by atoms with Gasteiger partial charge in [-0.1, -0.05) is 109 Å². The topological polar surface area (TPSA) is 15.3 Å². The van der Waals surface area contributed by atoms with Crippen molar-refractivity contribution in [3.05, 3.63) is 205 Å². The lowest BCUT2D eigenvalue weighted by Crippen LogP contribution is -2.10. The van der Waals surface area contributed by atoms with E-state index in [1.807, 2.05) is 0 Å². The zero-order valence-corrected chi connectivity index (χ0v) is 33.3. The second-order valence-electron chi connectivity index (χ2n) is 16.4. The van der Waals surface area contributed by atoms with E-state index >= 15 is 0 Å². The Morgan fingerprint density at radius 2 is 0.617 bits per heavy atom. The van der Waals surface area contributed by atoms with E-state index in [1.54, 1.807) is 0 Å². The highest BCUT2D eigenvalue weighted by Crippen LogP contribution is 2.47.